The summed E-state index contributed by atoms with van der Waals surface area (Å²) in [5.41, 5.74) is 4.58. The second-order valence-electron chi connectivity index (χ2n) is 6.82. The van der Waals surface area contributed by atoms with Crippen molar-refractivity contribution in [3.63, 3.8) is 0 Å². The normalized spacial score (nSPS) is 10.8. The Kier molecular flexibility index (Phi) is 8.98. The molecule has 33 heavy (non-hydrogen) atoms. The van der Waals surface area contributed by atoms with Crippen LogP contribution in [0.2, 0.25) is 10.0 Å². The smallest absolute Gasteiger partial charge is 0.271 e. The summed E-state index contributed by atoms with van der Waals surface area (Å²) in [7, 11) is 0. The van der Waals surface area contributed by atoms with Crippen LogP contribution in [-0.2, 0) is 6.61 Å². The third-order valence-corrected chi connectivity index (χ3v) is 5.06. The van der Waals surface area contributed by atoms with E-state index >= 15 is 0 Å². The third kappa shape index (κ3) is 7.14. The molecule has 0 aromatic heterocycles. The topological polar surface area (TPSA) is 69.2 Å². The Morgan fingerprint density at radius 3 is 2.33 bits per heavy atom. The van der Waals surface area contributed by atoms with Crippen molar-refractivity contribution in [3.05, 3.63) is 87.4 Å². The molecule has 1 N–H and O–H groups in total. The number of benzene rings is 3. The van der Waals surface area contributed by atoms with Gasteiger partial charge in [-0.3, -0.25) is 4.79 Å². The number of ether oxygens (including phenoxy) is 3. The fourth-order valence-electron chi connectivity index (χ4n) is 2.87. The van der Waals surface area contributed by atoms with E-state index in [1.165, 1.54) is 0 Å². The number of rotatable bonds is 10. The van der Waals surface area contributed by atoms with E-state index in [0.29, 0.717) is 52.7 Å². The second-order valence-corrected chi connectivity index (χ2v) is 7.66. The first-order chi connectivity index (χ1) is 16.0. The lowest BCUT2D eigenvalue weighted by atomic mass is 10.2. The van der Waals surface area contributed by atoms with Gasteiger partial charge in [0.05, 0.1) is 19.4 Å². The molecule has 0 bridgehead atoms. The Morgan fingerprint density at radius 2 is 1.64 bits per heavy atom. The van der Waals surface area contributed by atoms with E-state index in [-0.39, 0.29) is 5.91 Å². The van der Waals surface area contributed by atoms with Gasteiger partial charge in [0.1, 0.15) is 12.4 Å². The van der Waals surface area contributed by atoms with E-state index in [1.807, 2.05) is 44.2 Å². The van der Waals surface area contributed by atoms with E-state index in [2.05, 4.69) is 10.5 Å². The van der Waals surface area contributed by atoms with Crippen molar-refractivity contribution in [2.45, 2.75) is 20.5 Å². The summed E-state index contributed by atoms with van der Waals surface area (Å²) < 4.78 is 16.8. The lowest BCUT2D eigenvalue weighted by Crippen LogP contribution is -2.17. The van der Waals surface area contributed by atoms with E-state index in [4.69, 9.17) is 37.4 Å². The van der Waals surface area contributed by atoms with Gasteiger partial charge in [0.2, 0.25) is 0 Å². The van der Waals surface area contributed by atoms with Crippen molar-refractivity contribution in [1.29, 1.82) is 0 Å². The maximum Gasteiger partial charge on any atom is 0.271 e. The Bertz CT molecular complexity index is 1120. The first kappa shape index (κ1) is 24.4. The summed E-state index contributed by atoms with van der Waals surface area (Å²) in [4.78, 5) is 12.4. The summed E-state index contributed by atoms with van der Waals surface area (Å²) in [6, 6.07) is 17.6. The van der Waals surface area contributed by atoms with E-state index in [9.17, 15) is 4.79 Å². The largest absolute Gasteiger partial charge is 0.490 e. The highest BCUT2D eigenvalue weighted by atomic mass is 35.5. The van der Waals surface area contributed by atoms with Crippen LogP contribution in [0.4, 0.5) is 0 Å². The van der Waals surface area contributed by atoms with Crippen LogP contribution in [0.3, 0.4) is 0 Å². The molecule has 0 radical (unpaired) electrons. The molecule has 3 aromatic carbocycles. The van der Waals surface area contributed by atoms with Gasteiger partial charge < -0.3 is 14.2 Å². The molecule has 0 fully saturated rings. The van der Waals surface area contributed by atoms with Gasteiger partial charge in [0.25, 0.3) is 5.91 Å². The molecule has 8 heteroatoms. The molecule has 3 rings (SSSR count). The van der Waals surface area contributed by atoms with E-state index in [0.717, 1.165) is 11.1 Å². The van der Waals surface area contributed by atoms with Crippen LogP contribution in [0, 0.1) is 0 Å². The number of hydrazone groups is 1. The SMILES string of the molecule is CCOc1ccc(C(=O)N/N=C/c2ccc(OCc3ccc(Cl)cc3Cl)cc2)cc1OCC. The van der Waals surface area contributed by atoms with Crippen molar-refractivity contribution in [1.82, 2.24) is 5.43 Å². The summed E-state index contributed by atoms with van der Waals surface area (Å²) in [5, 5.41) is 5.17. The number of nitrogens with one attached hydrogen (secondary N) is 1. The van der Waals surface area contributed by atoms with Gasteiger partial charge in [0.15, 0.2) is 11.5 Å². The van der Waals surface area contributed by atoms with Crippen LogP contribution in [-0.4, -0.2) is 25.3 Å². The van der Waals surface area contributed by atoms with Crippen molar-refractivity contribution in [3.8, 4) is 17.2 Å². The number of halogens is 2. The van der Waals surface area contributed by atoms with Gasteiger partial charge in [-0.1, -0.05) is 29.3 Å². The number of amides is 1. The quantitative estimate of drug-likeness (QED) is 0.276. The van der Waals surface area contributed by atoms with Crippen molar-refractivity contribution < 1.29 is 19.0 Å². The summed E-state index contributed by atoms with van der Waals surface area (Å²) >= 11 is 12.1. The Morgan fingerprint density at radius 1 is 0.909 bits per heavy atom. The molecule has 6 nitrogen and oxygen atoms in total. The minimum Gasteiger partial charge on any atom is -0.490 e. The molecule has 0 unspecified atom stereocenters. The molecule has 0 aliphatic heterocycles. The van der Waals surface area contributed by atoms with Crippen molar-refractivity contribution in [2.24, 2.45) is 5.10 Å². The number of nitrogens with zero attached hydrogens (tertiary/aromatic N) is 1. The van der Waals surface area contributed by atoms with E-state index in [1.54, 1.807) is 36.5 Å². The van der Waals surface area contributed by atoms with Crippen LogP contribution in [0.5, 0.6) is 17.2 Å². The number of hydrogen-bond acceptors (Lipinski definition) is 5. The molecule has 0 aliphatic rings. The molecule has 0 saturated carbocycles. The molecule has 0 spiro atoms. The standard InChI is InChI=1S/C25H24Cl2N2O4/c1-3-31-23-12-8-18(13-24(23)32-4-2)25(30)29-28-15-17-5-10-21(11-6-17)33-16-19-7-9-20(26)14-22(19)27/h5-15H,3-4,16H2,1-2H3,(H,29,30)/b28-15+. The predicted molar refractivity (Wildman–Crippen MR) is 131 cm³/mol. The minimum absolute atomic E-state index is 0.325. The molecule has 0 saturated heterocycles. The first-order valence-electron chi connectivity index (χ1n) is 10.4. The highest BCUT2D eigenvalue weighted by Gasteiger charge is 2.11. The molecule has 1 amide bonds. The zero-order chi connectivity index (χ0) is 23.6. The maximum absolute atomic E-state index is 12.4. The van der Waals surface area contributed by atoms with Crippen LogP contribution in [0.15, 0.2) is 65.8 Å². The van der Waals surface area contributed by atoms with Crippen molar-refractivity contribution >= 4 is 35.3 Å². The van der Waals surface area contributed by atoms with Gasteiger partial charge in [-0.2, -0.15) is 5.10 Å². The maximum atomic E-state index is 12.4. The van der Waals surface area contributed by atoms with E-state index < -0.39 is 0 Å². The fourth-order valence-corrected chi connectivity index (χ4v) is 3.34. The lowest BCUT2D eigenvalue weighted by molar-refractivity contribution is 0.0954. The van der Waals surface area contributed by atoms with Crippen LogP contribution in [0.1, 0.15) is 35.3 Å². The predicted octanol–water partition coefficient (Wildman–Crippen LogP) is 6.13. The van der Waals surface area contributed by atoms with Gasteiger partial charge in [-0.05, 0) is 74.0 Å². The number of carbonyl (C=O) groups is 1. The first-order valence-corrected chi connectivity index (χ1v) is 11.2. The highest BCUT2D eigenvalue weighted by molar-refractivity contribution is 6.35. The van der Waals surface area contributed by atoms with Gasteiger partial charge in [0, 0.05) is 21.2 Å². The fraction of sp³-hybridized carbons (Fsp3) is 0.200. The Balaban J connectivity index is 1.55. The van der Waals surface area contributed by atoms with Crippen LogP contribution >= 0.6 is 23.2 Å². The number of hydrogen-bond donors (Lipinski definition) is 1. The monoisotopic (exact) mass is 486 g/mol. The summed E-state index contributed by atoms with van der Waals surface area (Å²) in [6.07, 6.45) is 1.55. The third-order valence-electron chi connectivity index (χ3n) is 4.47. The van der Waals surface area contributed by atoms with Crippen molar-refractivity contribution in [2.75, 3.05) is 13.2 Å². The molecular weight excluding hydrogens is 463 g/mol. The number of carbonyl (C=O) groups excluding carboxylic acids is 1. The Labute approximate surface area is 203 Å². The average Bonchev–Trinajstić information content (AvgIpc) is 2.81. The van der Waals surface area contributed by atoms with Gasteiger partial charge >= 0.3 is 0 Å². The zero-order valence-corrected chi connectivity index (χ0v) is 19.8. The molecular formula is C25H24Cl2N2O4. The zero-order valence-electron chi connectivity index (χ0n) is 18.3. The Hall–Kier alpha value is -3.22. The second kappa shape index (κ2) is 12.1. The average molecular weight is 487 g/mol. The summed E-state index contributed by atoms with van der Waals surface area (Å²) in [6.45, 7) is 5.06. The van der Waals surface area contributed by atoms with Crippen LogP contribution in [0.25, 0.3) is 0 Å². The molecule has 3 aromatic rings. The molecule has 0 heterocycles. The molecule has 0 atom stereocenters. The van der Waals surface area contributed by atoms with Gasteiger partial charge in [-0.15, -0.1) is 0 Å². The summed E-state index contributed by atoms with van der Waals surface area (Å²) in [5.74, 6) is 1.45. The van der Waals surface area contributed by atoms with Gasteiger partial charge in [-0.25, -0.2) is 5.43 Å². The minimum atomic E-state index is -0.352. The lowest BCUT2D eigenvalue weighted by Gasteiger charge is -2.11. The molecule has 0 aliphatic carbocycles. The van der Waals surface area contributed by atoms with Crippen LogP contribution < -0.4 is 19.6 Å². The molecule has 172 valence electrons. The highest BCUT2D eigenvalue weighted by Crippen LogP contribution is 2.28.